The number of hydrogen-bond donors (Lipinski definition) is 1. The molecular weight excluding hydrogens is 532 g/mol. The van der Waals surface area contributed by atoms with Crippen molar-refractivity contribution in [2.75, 3.05) is 6.61 Å². The number of ether oxygens (including phenoxy) is 1. The predicted molar refractivity (Wildman–Crippen MR) is 141 cm³/mol. The standard InChI is InChI=1S/C26H34Br2N2O2/c1-8-18-9-11-19(12-10-18)17(2)29-30-23(31)15-32-24-21(27)13-20(14-22(24)28)26(6,7)16-25(3,4)5/h9-14H,8,15-16H2,1-7H3,(H,30,31)/b29-17-. The molecule has 0 aromatic heterocycles. The third kappa shape index (κ3) is 7.73. The van der Waals surface area contributed by atoms with Gasteiger partial charge in [0.2, 0.25) is 0 Å². The lowest BCUT2D eigenvalue weighted by Gasteiger charge is -2.33. The van der Waals surface area contributed by atoms with E-state index in [-0.39, 0.29) is 23.3 Å². The number of hydrazone groups is 1. The minimum Gasteiger partial charge on any atom is -0.481 e. The minimum absolute atomic E-state index is 0.000762. The van der Waals surface area contributed by atoms with Crippen LogP contribution in [0.5, 0.6) is 5.75 Å². The van der Waals surface area contributed by atoms with E-state index < -0.39 is 0 Å². The van der Waals surface area contributed by atoms with Gasteiger partial charge in [-0.1, -0.05) is 65.8 Å². The summed E-state index contributed by atoms with van der Waals surface area (Å²) in [5.41, 5.74) is 6.98. The molecule has 1 amide bonds. The molecule has 0 spiro atoms. The van der Waals surface area contributed by atoms with Crippen molar-refractivity contribution < 1.29 is 9.53 Å². The van der Waals surface area contributed by atoms with Gasteiger partial charge in [0.25, 0.3) is 5.91 Å². The summed E-state index contributed by atoms with van der Waals surface area (Å²) in [7, 11) is 0. The van der Waals surface area contributed by atoms with E-state index in [9.17, 15) is 4.79 Å². The van der Waals surface area contributed by atoms with Gasteiger partial charge in [0.1, 0.15) is 5.75 Å². The Labute approximate surface area is 209 Å². The van der Waals surface area contributed by atoms with Crippen molar-refractivity contribution in [1.82, 2.24) is 5.43 Å². The highest BCUT2D eigenvalue weighted by Gasteiger charge is 2.28. The van der Waals surface area contributed by atoms with Crippen LogP contribution in [0.25, 0.3) is 0 Å². The zero-order valence-corrected chi connectivity index (χ0v) is 23.3. The highest BCUT2D eigenvalue weighted by Crippen LogP contribution is 2.42. The number of aryl methyl sites for hydroxylation is 1. The highest BCUT2D eigenvalue weighted by atomic mass is 79.9. The Morgan fingerprint density at radius 1 is 1.03 bits per heavy atom. The van der Waals surface area contributed by atoms with Crippen molar-refractivity contribution in [3.63, 3.8) is 0 Å². The Balaban J connectivity index is 2.03. The maximum Gasteiger partial charge on any atom is 0.277 e. The second-order valence-electron chi connectivity index (χ2n) is 9.96. The van der Waals surface area contributed by atoms with Gasteiger partial charge in [0, 0.05) is 0 Å². The van der Waals surface area contributed by atoms with E-state index in [1.807, 2.05) is 19.1 Å². The lowest BCUT2D eigenvalue weighted by atomic mass is 9.72. The van der Waals surface area contributed by atoms with Crippen molar-refractivity contribution >= 4 is 43.5 Å². The normalized spacial score (nSPS) is 12.6. The number of nitrogens with one attached hydrogen (secondary N) is 1. The molecule has 0 unspecified atom stereocenters. The van der Waals surface area contributed by atoms with Crippen molar-refractivity contribution in [3.8, 4) is 5.75 Å². The average molecular weight is 566 g/mol. The largest absolute Gasteiger partial charge is 0.481 e. The zero-order valence-electron chi connectivity index (χ0n) is 20.1. The van der Waals surface area contributed by atoms with Crippen LogP contribution in [0, 0.1) is 5.41 Å². The topological polar surface area (TPSA) is 50.7 Å². The molecule has 174 valence electrons. The molecule has 4 nitrogen and oxygen atoms in total. The van der Waals surface area contributed by atoms with Gasteiger partial charge in [-0.25, -0.2) is 5.43 Å². The van der Waals surface area contributed by atoms with Crippen molar-refractivity contribution in [1.29, 1.82) is 0 Å². The maximum atomic E-state index is 12.3. The van der Waals surface area contributed by atoms with Gasteiger partial charge in [-0.2, -0.15) is 5.10 Å². The van der Waals surface area contributed by atoms with E-state index in [0.717, 1.165) is 33.1 Å². The van der Waals surface area contributed by atoms with E-state index in [2.05, 4.69) is 108 Å². The number of halogens is 2. The summed E-state index contributed by atoms with van der Waals surface area (Å²) >= 11 is 7.22. The van der Waals surface area contributed by atoms with Gasteiger partial charge >= 0.3 is 0 Å². The van der Waals surface area contributed by atoms with Crippen molar-refractivity contribution in [2.24, 2.45) is 10.5 Å². The van der Waals surface area contributed by atoms with Crippen LogP contribution in [0.4, 0.5) is 0 Å². The lowest BCUT2D eigenvalue weighted by molar-refractivity contribution is -0.123. The molecule has 0 radical (unpaired) electrons. The quantitative estimate of drug-likeness (QED) is 0.267. The summed E-state index contributed by atoms with van der Waals surface area (Å²) in [4.78, 5) is 12.3. The molecule has 0 fully saturated rings. The molecule has 0 aliphatic rings. The molecule has 0 saturated carbocycles. The summed E-state index contributed by atoms with van der Waals surface area (Å²) in [6.45, 7) is 15.1. The van der Waals surface area contributed by atoms with Gasteiger partial charge < -0.3 is 4.74 Å². The molecule has 0 bridgehead atoms. The van der Waals surface area contributed by atoms with Crippen LogP contribution in [0.3, 0.4) is 0 Å². The third-order valence-electron chi connectivity index (χ3n) is 5.23. The Morgan fingerprint density at radius 2 is 1.59 bits per heavy atom. The molecule has 2 aromatic rings. The van der Waals surface area contributed by atoms with Crippen molar-refractivity contribution in [3.05, 3.63) is 62.0 Å². The van der Waals surface area contributed by atoms with E-state index in [4.69, 9.17) is 4.74 Å². The van der Waals surface area contributed by atoms with Crippen LogP contribution in [0.1, 0.15) is 71.6 Å². The predicted octanol–water partition coefficient (Wildman–Crippen LogP) is 7.41. The van der Waals surface area contributed by atoms with Gasteiger partial charge in [-0.3, -0.25) is 4.79 Å². The molecule has 0 saturated heterocycles. The number of hydrogen-bond acceptors (Lipinski definition) is 3. The third-order valence-corrected chi connectivity index (χ3v) is 6.41. The van der Waals surface area contributed by atoms with Crippen molar-refractivity contribution in [2.45, 2.75) is 66.7 Å². The first-order chi connectivity index (χ1) is 14.8. The fourth-order valence-corrected chi connectivity index (χ4v) is 5.29. The van der Waals surface area contributed by atoms with E-state index in [1.165, 1.54) is 11.1 Å². The van der Waals surface area contributed by atoms with Crippen LogP contribution in [-0.4, -0.2) is 18.2 Å². The van der Waals surface area contributed by atoms with Crippen LogP contribution < -0.4 is 10.2 Å². The Bertz CT molecular complexity index is 951. The molecule has 32 heavy (non-hydrogen) atoms. The number of amides is 1. The van der Waals surface area contributed by atoms with Crippen LogP contribution in [0.15, 0.2) is 50.4 Å². The molecule has 1 N–H and O–H groups in total. The van der Waals surface area contributed by atoms with Gasteiger partial charge in [0.05, 0.1) is 14.7 Å². The summed E-state index contributed by atoms with van der Waals surface area (Å²) < 4.78 is 7.42. The van der Waals surface area contributed by atoms with Gasteiger partial charge in [-0.05, 0) is 91.3 Å². The zero-order chi connectivity index (χ0) is 24.1. The molecule has 2 rings (SSSR count). The molecule has 6 heteroatoms. The monoisotopic (exact) mass is 564 g/mol. The summed E-state index contributed by atoms with van der Waals surface area (Å²) in [5, 5.41) is 4.20. The smallest absolute Gasteiger partial charge is 0.277 e. The van der Waals surface area contributed by atoms with Gasteiger partial charge in [0.15, 0.2) is 6.61 Å². The highest BCUT2D eigenvalue weighted by molar-refractivity contribution is 9.11. The van der Waals surface area contributed by atoms with Crippen LogP contribution in [-0.2, 0) is 16.6 Å². The number of nitrogens with zero attached hydrogens (tertiary/aromatic N) is 1. The first-order valence-corrected chi connectivity index (χ1v) is 12.5. The molecule has 0 aliphatic carbocycles. The lowest BCUT2D eigenvalue weighted by Crippen LogP contribution is -2.26. The Hall–Kier alpha value is -1.66. The second kappa shape index (κ2) is 11.0. The van der Waals surface area contributed by atoms with E-state index >= 15 is 0 Å². The average Bonchev–Trinajstić information content (AvgIpc) is 2.69. The van der Waals surface area contributed by atoms with E-state index in [0.29, 0.717) is 5.75 Å². The Kier molecular flexibility index (Phi) is 9.12. The molecule has 0 atom stereocenters. The molecule has 0 aliphatic heterocycles. The number of carbonyl (C=O) groups is 1. The number of rotatable bonds is 8. The van der Waals surface area contributed by atoms with Crippen LogP contribution >= 0.6 is 31.9 Å². The summed E-state index contributed by atoms with van der Waals surface area (Å²) in [6.07, 6.45) is 2.03. The van der Waals surface area contributed by atoms with Gasteiger partial charge in [-0.15, -0.1) is 0 Å². The first-order valence-electron chi connectivity index (χ1n) is 10.9. The second-order valence-corrected chi connectivity index (χ2v) is 11.7. The Morgan fingerprint density at radius 3 is 2.09 bits per heavy atom. The SMILES string of the molecule is CCc1ccc(/C(C)=N\NC(=O)COc2c(Br)cc(C(C)(C)CC(C)(C)C)cc2Br)cc1. The van der Waals surface area contributed by atoms with E-state index in [1.54, 1.807) is 0 Å². The fourth-order valence-electron chi connectivity index (χ4n) is 3.88. The summed E-state index contributed by atoms with van der Waals surface area (Å²) in [6, 6.07) is 12.3. The minimum atomic E-state index is -0.314. The first kappa shape index (κ1) is 26.6. The molecule has 2 aromatic carbocycles. The van der Waals surface area contributed by atoms with Crippen LogP contribution in [0.2, 0.25) is 0 Å². The maximum absolute atomic E-state index is 12.3. The fraction of sp³-hybridized carbons (Fsp3) is 0.462. The number of benzene rings is 2. The molecular formula is C26H34Br2N2O2. The number of carbonyl (C=O) groups excluding carboxylic acids is 1. The molecule has 0 heterocycles. The summed E-state index contributed by atoms with van der Waals surface area (Å²) in [5.74, 6) is 0.289.